The standard InChI is InChI=1S/C23H20N2O3/c1-15-13-22(27)25(23-17(15)10-6-12-20(23)28-2)14-21(26)24-19-11-5-8-16-7-3-4-9-18(16)19/h3-13H,14H2,1-2H3,(H,24,26). The van der Waals surface area contributed by atoms with Crippen LogP contribution in [-0.4, -0.2) is 17.6 Å². The van der Waals surface area contributed by atoms with Gasteiger partial charge in [-0.1, -0.05) is 48.5 Å². The monoisotopic (exact) mass is 372 g/mol. The Morgan fingerprint density at radius 3 is 2.54 bits per heavy atom. The molecular formula is C23H20N2O3. The number of aromatic nitrogens is 1. The van der Waals surface area contributed by atoms with Crippen molar-refractivity contribution in [2.24, 2.45) is 0 Å². The molecule has 140 valence electrons. The van der Waals surface area contributed by atoms with Gasteiger partial charge in [0.15, 0.2) is 0 Å². The number of nitrogens with one attached hydrogen (secondary N) is 1. The summed E-state index contributed by atoms with van der Waals surface area (Å²) in [5.41, 5.74) is 1.97. The van der Waals surface area contributed by atoms with E-state index in [1.54, 1.807) is 19.2 Å². The van der Waals surface area contributed by atoms with Crippen molar-refractivity contribution in [3.63, 3.8) is 0 Å². The molecule has 0 saturated carbocycles. The number of benzene rings is 3. The zero-order valence-corrected chi connectivity index (χ0v) is 15.7. The molecule has 5 heteroatoms. The first-order chi connectivity index (χ1) is 13.6. The van der Waals surface area contributed by atoms with Crippen LogP contribution in [0.15, 0.2) is 71.5 Å². The van der Waals surface area contributed by atoms with Crippen LogP contribution in [0.3, 0.4) is 0 Å². The Bertz CT molecular complexity index is 1250. The van der Waals surface area contributed by atoms with Crippen LogP contribution in [0.4, 0.5) is 5.69 Å². The van der Waals surface area contributed by atoms with Crippen LogP contribution in [0.2, 0.25) is 0 Å². The maximum absolute atomic E-state index is 12.8. The predicted molar refractivity (Wildman–Crippen MR) is 112 cm³/mol. The van der Waals surface area contributed by atoms with Crippen LogP contribution in [0.1, 0.15) is 5.56 Å². The summed E-state index contributed by atoms with van der Waals surface area (Å²) in [4.78, 5) is 25.4. The van der Waals surface area contributed by atoms with E-state index in [4.69, 9.17) is 4.74 Å². The number of fused-ring (bicyclic) bond motifs is 2. The highest BCUT2D eigenvalue weighted by Gasteiger charge is 2.14. The third kappa shape index (κ3) is 3.11. The summed E-state index contributed by atoms with van der Waals surface area (Å²) in [6.45, 7) is 1.78. The Hall–Kier alpha value is -3.60. The van der Waals surface area contributed by atoms with Gasteiger partial charge in [-0.05, 0) is 30.0 Å². The average molecular weight is 372 g/mol. The van der Waals surface area contributed by atoms with Crippen LogP contribution in [0, 0.1) is 6.92 Å². The predicted octanol–water partition coefficient (Wildman–Crippen LogP) is 4.11. The molecule has 0 bridgehead atoms. The van der Waals surface area contributed by atoms with Gasteiger partial charge in [-0.25, -0.2) is 0 Å². The van der Waals surface area contributed by atoms with Crippen molar-refractivity contribution in [1.29, 1.82) is 0 Å². The summed E-state index contributed by atoms with van der Waals surface area (Å²) >= 11 is 0. The number of carbonyl (C=O) groups excluding carboxylic acids is 1. The van der Waals surface area contributed by atoms with Crippen molar-refractivity contribution in [3.05, 3.63) is 82.6 Å². The van der Waals surface area contributed by atoms with Gasteiger partial charge in [-0.3, -0.25) is 14.2 Å². The van der Waals surface area contributed by atoms with Crippen molar-refractivity contribution >= 4 is 33.3 Å². The highest BCUT2D eigenvalue weighted by molar-refractivity contribution is 6.02. The third-order valence-corrected chi connectivity index (χ3v) is 4.89. The zero-order valence-electron chi connectivity index (χ0n) is 15.7. The fourth-order valence-corrected chi connectivity index (χ4v) is 3.56. The highest BCUT2D eigenvalue weighted by Crippen LogP contribution is 2.27. The van der Waals surface area contributed by atoms with Crippen LogP contribution >= 0.6 is 0 Å². The number of aryl methyl sites for hydroxylation is 1. The second-order valence-electron chi connectivity index (χ2n) is 6.68. The minimum Gasteiger partial charge on any atom is -0.495 e. The Balaban J connectivity index is 1.74. The van der Waals surface area contributed by atoms with Crippen molar-refractivity contribution in [2.45, 2.75) is 13.5 Å². The molecule has 0 radical (unpaired) electrons. The minimum atomic E-state index is -0.269. The average Bonchev–Trinajstić information content (AvgIpc) is 2.71. The molecule has 1 amide bonds. The van der Waals surface area contributed by atoms with Crippen molar-refractivity contribution in [1.82, 2.24) is 4.57 Å². The summed E-state index contributed by atoms with van der Waals surface area (Å²) in [7, 11) is 1.56. The van der Waals surface area contributed by atoms with Gasteiger partial charge in [-0.2, -0.15) is 0 Å². The van der Waals surface area contributed by atoms with E-state index in [2.05, 4.69) is 5.32 Å². The van der Waals surface area contributed by atoms with Gasteiger partial charge >= 0.3 is 0 Å². The molecule has 0 saturated heterocycles. The summed E-state index contributed by atoms with van der Waals surface area (Å²) in [5, 5.41) is 5.82. The number of ether oxygens (including phenoxy) is 1. The maximum Gasteiger partial charge on any atom is 0.251 e. The molecule has 0 aliphatic carbocycles. The number of hydrogen-bond acceptors (Lipinski definition) is 3. The number of methoxy groups -OCH3 is 1. The van der Waals surface area contributed by atoms with Crippen LogP contribution < -0.4 is 15.6 Å². The summed E-state index contributed by atoms with van der Waals surface area (Å²) < 4.78 is 6.90. The molecule has 4 rings (SSSR count). The molecule has 0 spiro atoms. The maximum atomic E-state index is 12.8. The molecule has 28 heavy (non-hydrogen) atoms. The molecule has 5 nitrogen and oxygen atoms in total. The molecule has 1 aromatic heterocycles. The lowest BCUT2D eigenvalue weighted by molar-refractivity contribution is -0.116. The topological polar surface area (TPSA) is 60.3 Å². The third-order valence-electron chi connectivity index (χ3n) is 4.89. The zero-order chi connectivity index (χ0) is 19.7. The van der Waals surface area contributed by atoms with Crippen LogP contribution in [-0.2, 0) is 11.3 Å². The number of hydrogen-bond donors (Lipinski definition) is 1. The van der Waals surface area contributed by atoms with Gasteiger partial charge in [0.1, 0.15) is 12.3 Å². The number of carbonyl (C=O) groups is 1. The van der Waals surface area contributed by atoms with Crippen molar-refractivity contribution in [2.75, 3.05) is 12.4 Å². The Morgan fingerprint density at radius 2 is 1.71 bits per heavy atom. The first kappa shape index (κ1) is 17.8. The van der Waals surface area contributed by atoms with E-state index >= 15 is 0 Å². The van der Waals surface area contributed by atoms with E-state index < -0.39 is 0 Å². The Labute approximate surface area is 162 Å². The molecule has 1 N–H and O–H groups in total. The molecular weight excluding hydrogens is 352 g/mol. The normalized spacial score (nSPS) is 10.9. The SMILES string of the molecule is COc1cccc2c(C)cc(=O)n(CC(=O)Nc3cccc4ccccc34)c12. The molecule has 3 aromatic carbocycles. The smallest absolute Gasteiger partial charge is 0.251 e. The Kier molecular flexibility index (Phi) is 4.57. The summed E-state index contributed by atoms with van der Waals surface area (Å²) in [6, 6.07) is 20.7. The molecule has 4 aromatic rings. The second kappa shape index (κ2) is 7.19. The van der Waals surface area contributed by atoms with Crippen LogP contribution in [0.25, 0.3) is 21.7 Å². The second-order valence-corrected chi connectivity index (χ2v) is 6.68. The van der Waals surface area contributed by atoms with Gasteiger partial charge in [0.2, 0.25) is 5.91 Å². The van der Waals surface area contributed by atoms with E-state index in [9.17, 15) is 9.59 Å². The highest BCUT2D eigenvalue weighted by atomic mass is 16.5. The quantitative estimate of drug-likeness (QED) is 0.586. The number of rotatable bonds is 4. The van der Waals surface area contributed by atoms with Gasteiger partial charge in [0.05, 0.1) is 12.6 Å². The van der Waals surface area contributed by atoms with E-state index in [0.717, 1.165) is 27.4 Å². The van der Waals surface area contributed by atoms with Gasteiger partial charge in [0, 0.05) is 22.5 Å². The molecule has 0 atom stereocenters. The van der Waals surface area contributed by atoms with Gasteiger partial charge in [0.25, 0.3) is 5.56 Å². The molecule has 0 aliphatic rings. The lowest BCUT2D eigenvalue weighted by Crippen LogP contribution is -2.28. The largest absolute Gasteiger partial charge is 0.495 e. The Morgan fingerprint density at radius 1 is 1.00 bits per heavy atom. The molecule has 1 heterocycles. The fraction of sp³-hybridized carbons (Fsp3) is 0.130. The van der Waals surface area contributed by atoms with Crippen LogP contribution in [0.5, 0.6) is 5.75 Å². The molecule has 0 fully saturated rings. The lowest BCUT2D eigenvalue weighted by Gasteiger charge is -2.15. The van der Waals surface area contributed by atoms with E-state index in [0.29, 0.717) is 11.3 Å². The van der Waals surface area contributed by atoms with E-state index in [-0.39, 0.29) is 18.0 Å². The van der Waals surface area contributed by atoms with E-state index in [1.807, 2.05) is 61.5 Å². The first-order valence-electron chi connectivity index (χ1n) is 9.03. The molecule has 0 aliphatic heterocycles. The minimum absolute atomic E-state index is 0.0980. The van der Waals surface area contributed by atoms with E-state index in [1.165, 1.54) is 4.57 Å². The molecule has 0 unspecified atom stereocenters. The summed E-state index contributed by atoms with van der Waals surface area (Å²) in [5.74, 6) is 0.297. The van der Waals surface area contributed by atoms with Gasteiger partial charge in [-0.15, -0.1) is 0 Å². The number of amides is 1. The summed E-state index contributed by atoms with van der Waals surface area (Å²) in [6.07, 6.45) is 0. The van der Waals surface area contributed by atoms with Crippen molar-refractivity contribution < 1.29 is 9.53 Å². The number of anilines is 1. The number of nitrogens with zero attached hydrogens (tertiary/aromatic N) is 1. The van der Waals surface area contributed by atoms with Gasteiger partial charge < -0.3 is 10.1 Å². The fourth-order valence-electron chi connectivity index (χ4n) is 3.56. The first-order valence-corrected chi connectivity index (χ1v) is 9.03. The number of para-hydroxylation sites is 1. The lowest BCUT2D eigenvalue weighted by atomic mass is 10.1. The number of pyridine rings is 1. The van der Waals surface area contributed by atoms with Crippen molar-refractivity contribution in [3.8, 4) is 5.75 Å².